The Morgan fingerprint density at radius 1 is 0.723 bits per heavy atom. The topological polar surface area (TPSA) is 56.7 Å². The van der Waals surface area contributed by atoms with Gasteiger partial charge in [-0.3, -0.25) is 4.98 Å². The van der Waals surface area contributed by atoms with Crippen molar-refractivity contribution >= 4 is 46.4 Å². The number of hydrogen-bond acceptors (Lipinski definition) is 4. The summed E-state index contributed by atoms with van der Waals surface area (Å²) in [5, 5.41) is 3.11. The first-order valence-corrected chi connectivity index (χ1v) is 25.9. The summed E-state index contributed by atoms with van der Waals surface area (Å²) >= 11 is 0. The largest absolute Gasteiger partial charge is 0.486 e. The Morgan fingerprint density at radius 2 is 1.42 bits per heavy atom. The number of benzene rings is 5. The van der Waals surface area contributed by atoms with Gasteiger partial charge < -0.3 is 14.0 Å². The molecule has 9 aromatic rings. The summed E-state index contributed by atoms with van der Waals surface area (Å²) in [5.74, 6) is 0.711. The molecule has 0 amide bonds. The van der Waals surface area contributed by atoms with E-state index in [1.54, 1.807) is 24.3 Å². The second kappa shape index (κ2) is 18.8. The van der Waals surface area contributed by atoms with Gasteiger partial charge in [0.25, 0.3) is 0 Å². The first kappa shape index (κ1) is 42.2. The van der Waals surface area contributed by atoms with E-state index in [0.29, 0.717) is 22.6 Å². The molecule has 0 saturated heterocycles. The molecule has 0 aliphatic rings. The van der Waals surface area contributed by atoms with Crippen LogP contribution in [-0.2, 0) is 25.5 Å². The summed E-state index contributed by atoms with van der Waals surface area (Å²) in [6.45, 7) is 24.5. The number of fused-ring (bicyclic) bond motifs is 4. The molecule has 5 nitrogen and oxygen atoms in total. The molecule has 4 aromatic heterocycles. The van der Waals surface area contributed by atoms with Crippen LogP contribution in [-0.4, -0.2) is 27.6 Å². The van der Waals surface area contributed by atoms with Gasteiger partial charge in [0, 0.05) is 48.4 Å². The van der Waals surface area contributed by atoms with E-state index in [1.165, 1.54) is 27.6 Å². The van der Waals surface area contributed by atoms with E-state index in [-0.39, 0.29) is 37.4 Å². The number of rotatable bonds is 8. The first-order valence-electron chi connectivity index (χ1n) is 24.4. The molecule has 0 N–H and O–H groups in total. The Bertz CT molecular complexity index is 3250. The molecule has 0 bridgehead atoms. The van der Waals surface area contributed by atoms with Crippen LogP contribution in [0.3, 0.4) is 0 Å². The molecule has 5 aromatic carbocycles. The summed E-state index contributed by atoms with van der Waals surface area (Å²) < 4.78 is 40.5. The summed E-state index contributed by atoms with van der Waals surface area (Å²) in [6, 6.07) is 44.5. The average molecular weight is 1060 g/mol. The molecule has 7 heteroatoms. The Morgan fingerprint density at radius 3 is 2.03 bits per heavy atom. The van der Waals surface area contributed by atoms with Crippen molar-refractivity contribution in [1.82, 2.24) is 19.5 Å². The summed E-state index contributed by atoms with van der Waals surface area (Å²) in [4.78, 5) is 14.8. The third-order valence-corrected chi connectivity index (χ3v) is 14.0. The van der Waals surface area contributed by atoms with Crippen LogP contribution in [0.1, 0.15) is 113 Å². The number of aryl methyl sites for hydroxylation is 1. The molecule has 0 fully saturated rings. The number of pyridine rings is 2. The third-order valence-electron chi connectivity index (χ3n) is 12.0. The number of para-hydroxylation sites is 2. The molecule has 4 heterocycles. The maximum Gasteiger partial charge on any atom is 0.216 e. The van der Waals surface area contributed by atoms with Crippen LogP contribution in [0, 0.1) is 19.0 Å². The van der Waals surface area contributed by atoms with Gasteiger partial charge in [-0.1, -0.05) is 159 Å². The molecule has 335 valence electrons. The fourth-order valence-electron chi connectivity index (χ4n) is 8.43. The minimum Gasteiger partial charge on any atom is -0.486 e. The van der Waals surface area contributed by atoms with E-state index < -0.39 is 20.8 Å². The van der Waals surface area contributed by atoms with Crippen LogP contribution < -0.4 is 5.19 Å². The summed E-state index contributed by atoms with van der Waals surface area (Å²) in [6.07, 6.45) is 1.98. The molecule has 1 radical (unpaired) electrons. The second-order valence-electron chi connectivity index (χ2n) is 19.8. The van der Waals surface area contributed by atoms with E-state index in [4.69, 9.17) is 19.9 Å². The van der Waals surface area contributed by atoms with Gasteiger partial charge in [0.1, 0.15) is 0 Å². The maximum absolute atomic E-state index is 8.44. The van der Waals surface area contributed by atoms with Crippen LogP contribution in [0.25, 0.3) is 72.7 Å². The molecule has 0 unspecified atom stereocenters. The van der Waals surface area contributed by atoms with Gasteiger partial charge >= 0.3 is 0 Å². The van der Waals surface area contributed by atoms with E-state index in [9.17, 15) is 0 Å². The van der Waals surface area contributed by atoms with E-state index in [0.717, 1.165) is 55.6 Å². The summed E-state index contributed by atoms with van der Waals surface area (Å²) in [7, 11) is -1.50. The molecule has 0 atom stereocenters. The van der Waals surface area contributed by atoms with Crippen molar-refractivity contribution in [2.24, 2.45) is 0 Å². The van der Waals surface area contributed by atoms with Crippen molar-refractivity contribution in [3.05, 3.63) is 161 Å². The van der Waals surface area contributed by atoms with E-state index >= 15 is 0 Å². The van der Waals surface area contributed by atoms with Gasteiger partial charge in [0.15, 0.2) is 0 Å². The Labute approximate surface area is 406 Å². The fraction of sp³-hybridized carbons (Fsp3) is 0.293. The molecular weight excluding hydrogens is 989 g/mol. The van der Waals surface area contributed by atoms with Crippen molar-refractivity contribution in [3.8, 4) is 39.6 Å². The van der Waals surface area contributed by atoms with Gasteiger partial charge in [-0.2, -0.15) is 0 Å². The normalized spacial score (nSPS) is 13.3. The zero-order valence-electron chi connectivity index (χ0n) is 43.7. The third kappa shape index (κ3) is 9.61. The van der Waals surface area contributed by atoms with E-state index in [2.05, 4.69) is 126 Å². The van der Waals surface area contributed by atoms with Crippen LogP contribution in [0.5, 0.6) is 0 Å². The minimum atomic E-state index is -2.15. The van der Waals surface area contributed by atoms with Crippen molar-refractivity contribution < 1.29 is 30.0 Å². The number of hydrogen-bond donors (Lipinski definition) is 0. The average Bonchev–Trinajstić information content (AvgIpc) is 3.86. The summed E-state index contributed by atoms with van der Waals surface area (Å²) in [5.41, 5.74) is 13.8. The molecule has 0 aliphatic carbocycles. The predicted molar refractivity (Wildman–Crippen MR) is 273 cm³/mol. The molecule has 0 saturated carbocycles. The van der Waals surface area contributed by atoms with Gasteiger partial charge in [-0.05, 0) is 81.8 Å². The van der Waals surface area contributed by atoms with Gasteiger partial charge in [-0.25, -0.2) is 4.98 Å². The Kier molecular flexibility index (Phi) is 12.2. The zero-order chi connectivity index (χ0) is 49.1. The SMILES string of the molecule is [2H]C(C)(C)c1cc(-c2[c-]cccc2)ncc1[Si](C)(C)C.[2H]C([2H])([2H])c1ccc(-c2ccc3c(n2)oc2c(-c4nc5ccccc5n4-c4c(C(C)C)cc(C(C)(C)C)cc4C(C)C)[c-]ccc23)cc1.[Ir]. The number of furan rings is 1. The van der Waals surface area contributed by atoms with Crippen LogP contribution in [0.15, 0.2) is 126 Å². The van der Waals surface area contributed by atoms with Gasteiger partial charge in [0.05, 0.1) is 36.2 Å². The molecule has 0 spiro atoms. The predicted octanol–water partition coefficient (Wildman–Crippen LogP) is 15.5. The van der Waals surface area contributed by atoms with Crippen molar-refractivity contribution in [1.29, 1.82) is 0 Å². The van der Waals surface area contributed by atoms with Crippen LogP contribution >= 0.6 is 0 Å². The molecule has 9 rings (SSSR count). The monoisotopic (exact) mass is 1060 g/mol. The van der Waals surface area contributed by atoms with Crippen LogP contribution in [0.4, 0.5) is 0 Å². The molecule has 65 heavy (non-hydrogen) atoms. The van der Waals surface area contributed by atoms with Crippen LogP contribution in [0.2, 0.25) is 19.6 Å². The Hall–Kier alpha value is -5.46. The number of imidazole rings is 1. The van der Waals surface area contributed by atoms with Crippen molar-refractivity contribution in [3.63, 3.8) is 0 Å². The number of aromatic nitrogens is 4. The Balaban J connectivity index is 0.000000281. The standard InChI is InChI=1S/C41H40N3O.C17H22NSi.Ir/c1-24(2)32-22-28(41(6,7)8)23-33(25(3)4)37(32)44-36-15-10-9-14-35(36)42-39(44)31-13-11-12-29-30-20-21-34(43-40(30)45-38(29)31)27-18-16-26(5)17-19-27;1-13(2)15-11-16(14-9-7-6-8-10-14)18-12-17(15)19(3,4)5;/h9-12,14-25H,1-8H3;6-9,11-13H,1-5H3;/q2*-1;/i5D3;13D;. The quantitative estimate of drug-likeness (QED) is 0.112. The fourth-order valence-corrected chi connectivity index (χ4v) is 10.0. The maximum atomic E-state index is 8.44. The molecular formula is C58H62IrN4OSi-2. The van der Waals surface area contributed by atoms with Crippen molar-refractivity contribution in [2.75, 3.05) is 0 Å². The van der Waals surface area contributed by atoms with E-state index in [1.807, 2.05) is 74.6 Å². The molecule has 0 aliphatic heterocycles. The zero-order valence-corrected chi connectivity index (χ0v) is 43.1. The van der Waals surface area contributed by atoms with Gasteiger partial charge in [0.2, 0.25) is 5.71 Å². The first-order chi connectivity index (χ1) is 31.9. The number of nitrogens with zero attached hydrogens (tertiary/aromatic N) is 4. The van der Waals surface area contributed by atoms with Crippen molar-refractivity contribution in [2.45, 2.75) is 112 Å². The second-order valence-corrected chi connectivity index (χ2v) is 24.8. The van der Waals surface area contributed by atoms with Gasteiger partial charge in [-0.15, -0.1) is 54.1 Å². The smallest absolute Gasteiger partial charge is 0.216 e. The minimum absolute atomic E-state index is 0.